The van der Waals surface area contributed by atoms with Gasteiger partial charge in [0.2, 0.25) is 0 Å². The second kappa shape index (κ2) is 11.5. The van der Waals surface area contributed by atoms with Crippen molar-refractivity contribution in [3.05, 3.63) is 71.8 Å². The molecule has 1 heterocycles. The summed E-state index contributed by atoms with van der Waals surface area (Å²) in [7, 11) is 0. The van der Waals surface area contributed by atoms with E-state index in [0.29, 0.717) is 24.6 Å². The van der Waals surface area contributed by atoms with Gasteiger partial charge in [0, 0.05) is 18.7 Å². The van der Waals surface area contributed by atoms with Gasteiger partial charge >= 0.3 is 5.97 Å². The summed E-state index contributed by atoms with van der Waals surface area (Å²) in [6, 6.07) is 18.3. The number of ether oxygens (including phenoxy) is 1. The summed E-state index contributed by atoms with van der Waals surface area (Å²) in [6.07, 6.45) is 2.90. The zero-order valence-corrected chi connectivity index (χ0v) is 18.8. The summed E-state index contributed by atoms with van der Waals surface area (Å²) in [4.78, 5) is 39.3. The smallest absolute Gasteiger partial charge is 0.329 e. The van der Waals surface area contributed by atoms with Crippen LogP contribution in [0, 0.1) is 11.8 Å². The fraction of sp³-hybridized carbons (Fsp3) is 0.423. The van der Waals surface area contributed by atoms with E-state index in [-0.39, 0.29) is 24.3 Å². The minimum Gasteiger partial charge on any atom is -0.454 e. The lowest BCUT2D eigenvalue weighted by atomic mass is 9.90. The first-order valence-corrected chi connectivity index (χ1v) is 11.3. The predicted molar refractivity (Wildman–Crippen MR) is 123 cm³/mol. The molecule has 170 valence electrons. The second-order valence-electron chi connectivity index (χ2n) is 8.68. The topological polar surface area (TPSA) is 75.7 Å². The van der Waals surface area contributed by atoms with Gasteiger partial charge in [-0.3, -0.25) is 9.59 Å². The molecule has 2 aromatic rings. The summed E-state index contributed by atoms with van der Waals surface area (Å²) >= 11 is 0. The van der Waals surface area contributed by atoms with Gasteiger partial charge in [0.15, 0.2) is 6.61 Å². The Hall–Kier alpha value is -3.15. The number of carbonyl (C=O) groups excluding carboxylic acids is 3. The third-order valence-corrected chi connectivity index (χ3v) is 5.92. The van der Waals surface area contributed by atoms with Gasteiger partial charge in [-0.05, 0) is 48.8 Å². The van der Waals surface area contributed by atoms with Crippen LogP contribution in [0.3, 0.4) is 0 Å². The van der Waals surface area contributed by atoms with Crippen molar-refractivity contribution < 1.29 is 19.1 Å². The van der Waals surface area contributed by atoms with Crippen molar-refractivity contribution in [3.8, 4) is 0 Å². The van der Waals surface area contributed by atoms with E-state index in [9.17, 15) is 14.4 Å². The Morgan fingerprint density at radius 3 is 2.16 bits per heavy atom. The van der Waals surface area contributed by atoms with E-state index in [0.717, 1.165) is 19.3 Å². The first-order chi connectivity index (χ1) is 15.4. The van der Waals surface area contributed by atoms with Gasteiger partial charge in [-0.25, -0.2) is 4.79 Å². The normalized spacial score (nSPS) is 15.3. The average molecular weight is 437 g/mol. The number of hydrogen-bond acceptors (Lipinski definition) is 4. The van der Waals surface area contributed by atoms with E-state index < -0.39 is 12.0 Å². The molecule has 1 saturated heterocycles. The lowest BCUT2D eigenvalue weighted by Crippen LogP contribution is -2.47. The molecule has 2 amide bonds. The van der Waals surface area contributed by atoms with Gasteiger partial charge in [-0.1, -0.05) is 62.4 Å². The number of nitrogens with zero attached hydrogens (tertiary/aromatic N) is 1. The summed E-state index contributed by atoms with van der Waals surface area (Å²) in [5, 5.41) is 2.73. The van der Waals surface area contributed by atoms with E-state index in [4.69, 9.17) is 4.74 Å². The van der Waals surface area contributed by atoms with Crippen LogP contribution in [0.25, 0.3) is 0 Å². The lowest BCUT2D eigenvalue weighted by molar-refractivity contribution is -0.155. The Kier molecular flexibility index (Phi) is 8.42. The van der Waals surface area contributed by atoms with Crippen LogP contribution in [-0.4, -0.2) is 48.4 Å². The third kappa shape index (κ3) is 6.67. The first-order valence-electron chi connectivity index (χ1n) is 11.3. The number of carbonyl (C=O) groups is 3. The number of nitrogens with one attached hydrogen (secondary N) is 1. The van der Waals surface area contributed by atoms with E-state index in [2.05, 4.69) is 29.6 Å². The highest BCUT2D eigenvalue weighted by atomic mass is 16.5. The molecule has 1 aliphatic rings. The molecule has 0 radical (unpaired) electrons. The Balaban J connectivity index is 1.44. The molecule has 1 aliphatic heterocycles. The van der Waals surface area contributed by atoms with Gasteiger partial charge in [-0.2, -0.15) is 0 Å². The molecule has 0 aromatic heterocycles. The summed E-state index contributed by atoms with van der Waals surface area (Å²) in [6.45, 7) is 4.71. The zero-order chi connectivity index (χ0) is 22.9. The summed E-state index contributed by atoms with van der Waals surface area (Å²) in [5.74, 6) is -0.723. The van der Waals surface area contributed by atoms with Crippen LogP contribution < -0.4 is 5.32 Å². The standard InChI is InChI=1S/C26H32N2O4/c1-19(2)24(27-25(30)22-11-7-4-8-12-22)26(31)32-18-23(29)28-15-13-21(14-16-28)17-20-9-5-3-6-10-20/h3-12,19,21,24H,13-18H2,1-2H3,(H,27,30). The number of rotatable bonds is 8. The number of benzene rings is 2. The Morgan fingerprint density at radius 1 is 0.969 bits per heavy atom. The Bertz CT molecular complexity index is 891. The first kappa shape index (κ1) is 23.5. The van der Waals surface area contributed by atoms with E-state index in [1.54, 1.807) is 29.2 Å². The SMILES string of the molecule is CC(C)C(NC(=O)c1ccccc1)C(=O)OCC(=O)N1CCC(Cc2ccccc2)CC1. The Labute approximate surface area is 189 Å². The van der Waals surface area contributed by atoms with Gasteiger partial charge in [0.1, 0.15) is 6.04 Å². The number of hydrogen-bond donors (Lipinski definition) is 1. The fourth-order valence-corrected chi connectivity index (χ4v) is 3.96. The van der Waals surface area contributed by atoms with Crippen LogP contribution in [0.2, 0.25) is 0 Å². The molecule has 6 nitrogen and oxygen atoms in total. The van der Waals surface area contributed by atoms with Crippen LogP contribution in [0.1, 0.15) is 42.6 Å². The molecule has 1 unspecified atom stereocenters. The maximum Gasteiger partial charge on any atom is 0.329 e. The fourth-order valence-electron chi connectivity index (χ4n) is 3.96. The molecule has 1 N–H and O–H groups in total. The summed E-state index contributed by atoms with van der Waals surface area (Å²) in [5.41, 5.74) is 1.80. The molecule has 0 spiro atoms. The molecule has 0 bridgehead atoms. The van der Waals surface area contributed by atoms with Gasteiger partial charge in [0.05, 0.1) is 0 Å². The number of piperidine rings is 1. The molecule has 0 aliphatic carbocycles. The molecular formula is C26H32N2O4. The minimum absolute atomic E-state index is 0.168. The van der Waals surface area contributed by atoms with Gasteiger partial charge < -0.3 is 15.0 Å². The molecule has 0 saturated carbocycles. The predicted octanol–water partition coefficient (Wildman–Crippen LogP) is 3.47. The molecule has 6 heteroatoms. The average Bonchev–Trinajstić information content (AvgIpc) is 2.82. The molecule has 3 rings (SSSR count). The van der Waals surface area contributed by atoms with Crippen molar-refractivity contribution in [1.29, 1.82) is 0 Å². The second-order valence-corrected chi connectivity index (χ2v) is 8.68. The van der Waals surface area contributed by atoms with Crippen molar-refractivity contribution >= 4 is 17.8 Å². The van der Waals surface area contributed by atoms with E-state index in [1.807, 2.05) is 26.0 Å². The van der Waals surface area contributed by atoms with Crippen molar-refractivity contribution in [2.75, 3.05) is 19.7 Å². The van der Waals surface area contributed by atoms with Gasteiger partial charge in [-0.15, -0.1) is 0 Å². The zero-order valence-electron chi connectivity index (χ0n) is 18.8. The Morgan fingerprint density at radius 2 is 1.56 bits per heavy atom. The largest absolute Gasteiger partial charge is 0.454 e. The molecule has 1 fully saturated rings. The highest BCUT2D eigenvalue weighted by Gasteiger charge is 2.28. The van der Waals surface area contributed by atoms with Crippen molar-refractivity contribution in [2.45, 2.75) is 39.2 Å². The third-order valence-electron chi connectivity index (χ3n) is 5.92. The van der Waals surface area contributed by atoms with E-state index >= 15 is 0 Å². The highest BCUT2D eigenvalue weighted by Crippen LogP contribution is 2.21. The number of likely N-dealkylation sites (tertiary alicyclic amines) is 1. The molecule has 2 aromatic carbocycles. The monoisotopic (exact) mass is 436 g/mol. The number of esters is 1. The van der Waals surface area contributed by atoms with Gasteiger partial charge in [0.25, 0.3) is 11.8 Å². The van der Waals surface area contributed by atoms with Crippen LogP contribution in [-0.2, 0) is 20.7 Å². The number of amides is 2. The highest BCUT2D eigenvalue weighted by molar-refractivity contribution is 5.97. The molecular weight excluding hydrogens is 404 g/mol. The van der Waals surface area contributed by atoms with Crippen molar-refractivity contribution in [1.82, 2.24) is 10.2 Å². The maximum atomic E-state index is 12.6. The van der Waals surface area contributed by atoms with Crippen LogP contribution in [0.5, 0.6) is 0 Å². The quantitative estimate of drug-likeness (QED) is 0.643. The van der Waals surface area contributed by atoms with Crippen LogP contribution >= 0.6 is 0 Å². The summed E-state index contributed by atoms with van der Waals surface area (Å²) < 4.78 is 5.29. The van der Waals surface area contributed by atoms with Crippen LogP contribution in [0.15, 0.2) is 60.7 Å². The molecule has 32 heavy (non-hydrogen) atoms. The molecule has 1 atom stereocenters. The van der Waals surface area contributed by atoms with E-state index in [1.165, 1.54) is 5.56 Å². The minimum atomic E-state index is -0.813. The van der Waals surface area contributed by atoms with Crippen LogP contribution in [0.4, 0.5) is 0 Å². The maximum absolute atomic E-state index is 12.6. The van der Waals surface area contributed by atoms with Crippen molar-refractivity contribution in [3.63, 3.8) is 0 Å². The lowest BCUT2D eigenvalue weighted by Gasteiger charge is -2.32. The van der Waals surface area contributed by atoms with Crippen molar-refractivity contribution in [2.24, 2.45) is 11.8 Å².